The first-order valence-corrected chi connectivity index (χ1v) is 14.3. The molecular weight excluding hydrogens is 529 g/mol. The van der Waals surface area contributed by atoms with E-state index in [1.165, 1.54) is 6.07 Å². The molecule has 0 aliphatic carbocycles. The van der Waals surface area contributed by atoms with E-state index in [1.54, 1.807) is 11.0 Å². The first kappa shape index (κ1) is 27.2. The molecule has 0 spiro atoms. The molecule has 2 aromatic rings. The van der Waals surface area contributed by atoms with E-state index in [2.05, 4.69) is 21.2 Å². The number of halogens is 1. The number of anilines is 2. The Bertz CT molecular complexity index is 1380. The summed E-state index contributed by atoms with van der Waals surface area (Å²) in [4.78, 5) is 56.3. The highest BCUT2D eigenvalue weighted by Gasteiger charge is 2.39. The van der Waals surface area contributed by atoms with E-state index in [9.17, 15) is 23.6 Å². The van der Waals surface area contributed by atoms with Gasteiger partial charge in [0, 0.05) is 70.0 Å². The van der Waals surface area contributed by atoms with Gasteiger partial charge in [-0.1, -0.05) is 0 Å². The van der Waals surface area contributed by atoms with E-state index in [1.807, 2.05) is 17.0 Å². The molecule has 3 amide bonds. The molecule has 2 N–H and O–H groups in total. The van der Waals surface area contributed by atoms with Crippen LogP contribution in [0.15, 0.2) is 36.4 Å². The van der Waals surface area contributed by atoms with Gasteiger partial charge in [0.15, 0.2) is 0 Å². The minimum absolute atomic E-state index is 0.0390. The Labute approximate surface area is 237 Å². The van der Waals surface area contributed by atoms with Crippen molar-refractivity contribution in [1.82, 2.24) is 15.1 Å². The molecule has 11 heteroatoms. The van der Waals surface area contributed by atoms with Crippen molar-refractivity contribution in [3.63, 3.8) is 0 Å². The predicted octanol–water partition coefficient (Wildman–Crippen LogP) is 2.32. The number of benzene rings is 2. The summed E-state index contributed by atoms with van der Waals surface area (Å²) >= 11 is 0. The van der Waals surface area contributed by atoms with Crippen molar-refractivity contribution in [2.24, 2.45) is 5.92 Å². The van der Waals surface area contributed by atoms with Crippen LogP contribution in [0.3, 0.4) is 0 Å². The second kappa shape index (κ2) is 11.1. The Morgan fingerprint density at radius 3 is 2.37 bits per heavy atom. The second-order valence-corrected chi connectivity index (χ2v) is 11.4. The van der Waals surface area contributed by atoms with Crippen LogP contribution >= 0.6 is 0 Å². The van der Waals surface area contributed by atoms with Gasteiger partial charge in [0.25, 0.3) is 5.91 Å². The van der Waals surface area contributed by atoms with Crippen molar-refractivity contribution in [2.75, 3.05) is 55.6 Å². The van der Waals surface area contributed by atoms with Crippen molar-refractivity contribution in [2.45, 2.75) is 38.3 Å². The Morgan fingerprint density at radius 2 is 1.68 bits per heavy atom. The van der Waals surface area contributed by atoms with Crippen LogP contribution < -0.4 is 15.1 Å². The zero-order chi connectivity index (χ0) is 28.7. The summed E-state index contributed by atoms with van der Waals surface area (Å²) in [5.74, 6) is -1.93. The van der Waals surface area contributed by atoms with Gasteiger partial charge in [-0.05, 0) is 67.1 Å². The van der Waals surface area contributed by atoms with Gasteiger partial charge >= 0.3 is 5.97 Å². The summed E-state index contributed by atoms with van der Waals surface area (Å²) < 4.78 is 14.5. The van der Waals surface area contributed by atoms with E-state index in [0.29, 0.717) is 30.1 Å². The van der Waals surface area contributed by atoms with Crippen LogP contribution in [0, 0.1) is 11.7 Å². The topological polar surface area (TPSA) is 114 Å². The third-order valence-electron chi connectivity index (χ3n) is 8.91. The molecule has 0 saturated carbocycles. The van der Waals surface area contributed by atoms with Crippen LogP contribution in [0.25, 0.3) is 0 Å². The number of nitrogens with zero attached hydrogens (tertiary/aromatic N) is 4. The van der Waals surface area contributed by atoms with E-state index < -0.39 is 23.7 Å². The normalized spacial score (nSPS) is 22.2. The van der Waals surface area contributed by atoms with Gasteiger partial charge in [-0.3, -0.25) is 24.6 Å². The summed E-state index contributed by atoms with van der Waals surface area (Å²) in [6.07, 6.45) is 2.52. The number of piperidine rings is 2. The maximum atomic E-state index is 14.5. The Kier molecular flexibility index (Phi) is 7.37. The minimum atomic E-state index is -1.13. The third-order valence-corrected chi connectivity index (χ3v) is 8.91. The summed E-state index contributed by atoms with van der Waals surface area (Å²) in [6, 6.07) is 9.42. The molecule has 10 nitrogen and oxygen atoms in total. The van der Waals surface area contributed by atoms with Crippen molar-refractivity contribution < 1.29 is 28.7 Å². The number of carboxylic acids is 1. The monoisotopic (exact) mass is 563 g/mol. The quantitative estimate of drug-likeness (QED) is 0.515. The molecule has 3 fully saturated rings. The van der Waals surface area contributed by atoms with Crippen molar-refractivity contribution >= 4 is 35.1 Å². The molecule has 0 unspecified atom stereocenters. The molecular formula is C30H34FN5O5. The minimum Gasteiger partial charge on any atom is -0.478 e. The number of carbonyl (C=O) groups is 4. The maximum absolute atomic E-state index is 14.5. The number of aromatic carboxylic acids is 1. The molecule has 41 heavy (non-hydrogen) atoms. The number of carbonyl (C=O) groups excluding carboxylic acids is 3. The molecule has 216 valence electrons. The average Bonchev–Trinajstić information content (AvgIpc) is 3.29. The molecule has 2 aromatic carbocycles. The molecule has 0 bridgehead atoms. The lowest BCUT2D eigenvalue weighted by atomic mass is 9.95. The molecule has 6 rings (SSSR count). The van der Waals surface area contributed by atoms with E-state index in [4.69, 9.17) is 5.11 Å². The molecule has 0 radical (unpaired) electrons. The number of imide groups is 1. The smallest absolute Gasteiger partial charge is 0.335 e. The third kappa shape index (κ3) is 5.50. The highest BCUT2D eigenvalue weighted by molar-refractivity contribution is 6.05. The Balaban J connectivity index is 0.993. The van der Waals surface area contributed by atoms with Crippen molar-refractivity contribution in [3.05, 3.63) is 58.9 Å². The first-order valence-electron chi connectivity index (χ1n) is 14.3. The SMILES string of the molecule is O=C1CC[C@H](N2Cc3cc(N4CCN(CC5CCN(c6ccc(C(=O)O)cc6F)CC5)CC4)ccc3C2=O)C(=O)N1. The van der Waals surface area contributed by atoms with Gasteiger partial charge in [0.2, 0.25) is 11.8 Å². The lowest BCUT2D eigenvalue weighted by molar-refractivity contribution is -0.136. The Hall–Kier alpha value is -3.99. The van der Waals surface area contributed by atoms with Gasteiger partial charge in [0.05, 0.1) is 11.3 Å². The van der Waals surface area contributed by atoms with E-state index in [0.717, 1.165) is 76.0 Å². The van der Waals surface area contributed by atoms with E-state index >= 15 is 0 Å². The number of carboxylic acid groups (broad SMARTS) is 1. The van der Waals surface area contributed by atoms with Gasteiger partial charge in [-0.2, -0.15) is 0 Å². The van der Waals surface area contributed by atoms with Crippen LogP contribution in [0.4, 0.5) is 15.8 Å². The zero-order valence-corrected chi connectivity index (χ0v) is 22.9. The average molecular weight is 564 g/mol. The Morgan fingerprint density at radius 1 is 0.927 bits per heavy atom. The molecule has 3 saturated heterocycles. The van der Waals surface area contributed by atoms with Crippen LogP contribution in [-0.4, -0.2) is 90.5 Å². The second-order valence-electron chi connectivity index (χ2n) is 11.4. The van der Waals surface area contributed by atoms with Crippen LogP contribution in [0.1, 0.15) is 52.0 Å². The first-order chi connectivity index (χ1) is 19.8. The molecule has 1 atom stereocenters. The molecule has 4 heterocycles. The van der Waals surface area contributed by atoms with Crippen LogP contribution in [0.5, 0.6) is 0 Å². The summed E-state index contributed by atoms with van der Waals surface area (Å²) in [7, 11) is 0. The van der Waals surface area contributed by atoms with Gasteiger partial charge in [0.1, 0.15) is 11.9 Å². The number of hydrogen-bond donors (Lipinski definition) is 2. The van der Waals surface area contributed by atoms with Gasteiger partial charge < -0.3 is 19.8 Å². The highest BCUT2D eigenvalue weighted by Crippen LogP contribution is 2.32. The van der Waals surface area contributed by atoms with Crippen LogP contribution in [0.2, 0.25) is 0 Å². The fourth-order valence-corrected chi connectivity index (χ4v) is 6.56. The summed E-state index contributed by atoms with van der Waals surface area (Å²) in [5, 5.41) is 11.4. The summed E-state index contributed by atoms with van der Waals surface area (Å²) in [5.41, 5.74) is 3.05. The van der Waals surface area contributed by atoms with Crippen molar-refractivity contribution in [1.29, 1.82) is 0 Å². The number of rotatable bonds is 6. The van der Waals surface area contributed by atoms with Gasteiger partial charge in [-0.25, -0.2) is 9.18 Å². The number of nitrogens with one attached hydrogen (secondary N) is 1. The lowest BCUT2D eigenvalue weighted by Gasteiger charge is -2.40. The predicted molar refractivity (Wildman–Crippen MR) is 149 cm³/mol. The largest absolute Gasteiger partial charge is 0.478 e. The number of fused-ring (bicyclic) bond motifs is 1. The van der Waals surface area contributed by atoms with Crippen molar-refractivity contribution in [3.8, 4) is 0 Å². The zero-order valence-electron chi connectivity index (χ0n) is 22.9. The standard InChI is InChI=1S/C30H34FN5O5/c31-24-16-20(30(40)41)1-4-25(24)35-9-7-19(8-10-35)17-33-11-13-34(14-12-33)22-2-3-23-21(15-22)18-36(29(23)39)26-5-6-27(37)32-28(26)38/h1-4,15-16,19,26H,5-14,17-18H2,(H,40,41)(H,32,37,38)/t26-/m0/s1. The summed E-state index contributed by atoms with van der Waals surface area (Å²) in [6.45, 7) is 6.50. The van der Waals surface area contributed by atoms with Crippen LogP contribution in [-0.2, 0) is 16.1 Å². The van der Waals surface area contributed by atoms with Gasteiger partial charge in [-0.15, -0.1) is 0 Å². The molecule has 4 aliphatic heterocycles. The number of piperazine rings is 1. The number of amides is 3. The lowest BCUT2D eigenvalue weighted by Crippen LogP contribution is -2.52. The number of hydrogen-bond acceptors (Lipinski definition) is 7. The van der Waals surface area contributed by atoms with E-state index in [-0.39, 0.29) is 23.8 Å². The molecule has 0 aromatic heterocycles. The highest BCUT2D eigenvalue weighted by atomic mass is 19.1. The molecule has 4 aliphatic rings. The fourth-order valence-electron chi connectivity index (χ4n) is 6.56. The fraction of sp³-hybridized carbons (Fsp3) is 0.467. The maximum Gasteiger partial charge on any atom is 0.335 e.